The summed E-state index contributed by atoms with van der Waals surface area (Å²) in [6, 6.07) is 3.50. The second kappa shape index (κ2) is 6.80. The molecule has 0 aliphatic carbocycles. The van der Waals surface area contributed by atoms with Crippen molar-refractivity contribution in [3.63, 3.8) is 0 Å². The number of halogens is 1. The van der Waals surface area contributed by atoms with Gasteiger partial charge >= 0.3 is 6.03 Å². The molecule has 0 saturated heterocycles. The van der Waals surface area contributed by atoms with Gasteiger partial charge in [-0.05, 0) is 19.1 Å². The number of likely N-dealkylation sites (N-methyl/N-ethyl adjacent to an activating group) is 1. The molecule has 0 fully saturated rings. The number of nitrogens with one attached hydrogen (secondary N) is 1. The maximum absolute atomic E-state index is 13.1. The number of hydrogen-bond acceptors (Lipinski definition) is 3. The molecule has 2 N–H and O–H groups in total. The van der Waals surface area contributed by atoms with Gasteiger partial charge in [0, 0.05) is 19.7 Å². The topological polar surface area (TPSA) is 61.8 Å². The van der Waals surface area contributed by atoms with Crippen LogP contribution in [0, 0.1) is 5.82 Å². The van der Waals surface area contributed by atoms with Crippen LogP contribution in [0.3, 0.4) is 0 Å². The highest BCUT2D eigenvalue weighted by molar-refractivity contribution is 5.90. The number of urea groups is 1. The largest absolute Gasteiger partial charge is 0.492 e. The highest BCUT2D eigenvalue weighted by Gasteiger charge is 2.12. The predicted octanol–water partition coefficient (Wildman–Crippen LogP) is 1.68. The standard InChI is InChI=1S/C12H17FN2O3/c1-3-18-11-8-9(13)4-5-10(11)14-12(17)15(2)6-7-16/h4-5,8,16H,3,6-7H2,1-2H3,(H,14,17). The minimum atomic E-state index is -0.430. The summed E-state index contributed by atoms with van der Waals surface area (Å²) in [4.78, 5) is 13.0. The molecule has 100 valence electrons. The molecule has 0 spiro atoms. The molecule has 18 heavy (non-hydrogen) atoms. The van der Waals surface area contributed by atoms with Crippen LogP contribution in [-0.4, -0.2) is 42.8 Å². The average molecular weight is 256 g/mol. The third-order valence-corrected chi connectivity index (χ3v) is 2.27. The summed E-state index contributed by atoms with van der Waals surface area (Å²) in [5, 5.41) is 11.3. The predicted molar refractivity (Wildman–Crippen MR) is 66.3 cm³/mol. The number of benzene rings is 1. The SMILES string of the molecule is CCOc1cc(F)ccc1NC(=O)N(C)CCO. The molecule has 0 aliphatic heterocycles. The number of nitrogens with zero attached hydrogens (tertiary/aromatic N) is 1. The van der Waals surface area contributed by atoms with E-state index < -0.39 is 11.8 Å². The van der Waals surface area contributed by atoms with Gasteiger partial charge in [-0.2, -0.15) is 0 Å². The molecule has 0 bridgehead atoms. The molecular weight excluding hydrogens is 239 g/mol. The summed E-state index contributed by atoms with van der Waals surface area (Å²) in [6.45, 7) is 2.25. The third-order valence-electron chi connectivity index (χ3n) is 2.27. The van der Waals surface area contributed by atoms with Crippen LogP contribution in [0.25, 0.3) is 0 Å². The summed E-state index contributed by atoms with van der Waals surface area (Å²) in [7, 11) is 1.55. The Kier molecular flexibility index (Phi) is 5.38. The molecule has 2 amide bonds. The Labute approximate surface area is 105 Å². The van der Waals surface area contributed by atoms with Crippen molar-refractivity contribution in [1.29, 1.82) is 0 Å². The van der Waals surface area contributed by atoms with Crippen LogP contribution in [0.1, 0.15) is 6.92 Å². The van der Waals surface area contributed by atoms with Gasteiger partial charge in [0.15, 0.2) is 0 Å². The lowest BCUT2D eigenvalue weighted by Gasteiger charge is -2.18. The van der Waals surface area contributed by atoms with E-state index in [1.54, 1.807) is 14.0 Å². The van der Waals surface area contributed by atoms with E-state index >= 15 is 0 Å². The molecule has 0 aliphatic rings. The van der Waals surface area contributed by atoms with E-state index in [0.717, 1.165) is 0 Å². The van der Waals surface area contributed by atoms with Crippen molar-refractivity contribution in [2.45, 2.75) is 6.92 Å². The maximum atomic E-state index is 13.1. The first kappa shape index (κ1) is 14.2. The van der Waals surface area contributed by atoms with Crippen LogP contribution in [0.5, 0.6) is 5.75 Å². The highest BCUT2D eigenvalue weighted by Crippen LogP contribution is 2.25. The van der Waals surface area contributed by atoms with Gasteiger partial charge in [-0.25, -0.2) is 9.18 Å². The Morgan fingerprint density at radius 3 is 2.89 bits per heavy atom. The normalized spacial score (nSPS) is 10.0. The number of carbonyl (C=O) groups is 1. The van der Waals surface area contributed by atoms with Crippen LogP contribution in [0.2, 0.25) is 0 Å². The van der Waals surface area contributed by atoms with Crippen LogP contribution >= 0.6 is 0 Å². The van der Waals surface area contributed by atoms with Crippen molar-refractivity contribution in [1.82, 2.24) is 4.90 Å². The first-order valence-electron chi connectivity index (χ1n) is 5.63. The second-order valence-corrected chi connectivity index (χ2v) is 3.65. The zero-order chi connectivity index (χ0) is 13.5. The van der Waals surface area contributed by atoms with Gasteiger partial charge in [-0.1, -0.05) is 0 Å². The number of aliphatic hydroxyl groups is 1. The number of amides is 2. The molecule has 1 aromatic carbocycles. The van der Waals surface area contributed by atoms with Crippen LogP contribution in [0.4, 0.5) is 14.9 Å². The minimum absolute atomic E-state index is 0.119. The molecule has 0 aromatic heterocycles. The molecule has 5 nitrogen and oxygen atoms in total. The maximum Gasteiger partial charge on any atom is 0.321 e. The molecule has 1 aromatic rings. The van der Waals surface area contributed by atoms with Crippen LogP contribution < -0.4 is 10.1 Å². The third kappa shape index (κ3) is 3.89. The fourth-order valence-corrected chi connectivity index (χ4v) is 1.34. The van der Waals surface area contributed by atoms with Crippen LogP contribution in [-0.2, 0) is 0 Å². The number of rotatable bonds is 5. The molecule has 0 radical (unpaired) electrons. The first-order valence-corrected chi connectivity index (χ1v) is 5.63. The molecule has 1 rings (SSSR count). The number of ether oxygens (including phenoxy) is 1. The average Bonchev–Trinajstić information content (AvgIpc) is 2.33. The summed E-state index contributed by atoms with van der Waals surface area (Å²) >= 11 is 0. The van der Waals surface area contributed by atoms with Crippen molar-refractivity contribution < 1.29 is 19.0 Å². The molecule has 0 saturated carbocycles. The van der Waals surface area contributed by atoms with Crippen molar-refractivity contribution in [3.05, 3.63) is 24.0 Å². The summed E-state index contributed by atoms with van der Waals surface area (Å²) < 4.78 is 18.3. The molecule has 0 unspecified atom stereocenters. The number of aliphatic hydroxyl groups excluding tert-OH is 1. The first-order chi connectivity index (χ1) is 8.58. The minimum Gasteiger partial charge on any atom is -0.492 e. The van der Waals surface area contributed by atoms with Gasteiger partial charge < -0.3 is 20.1 Å². The van der Waals surface area contributed by atoms with Gasteiger partial charge in [0.05, 0.1) is 18.9 Å². The zero-order valence-corrected chi connectivity index (χ0v) is 10.4. The number of anilines is 1. The Hall–Kier alpha value is -1.82. The molecule has 6 heteroatoms. The molecular formula is C12H17FN2O3. The Morgan fingerprint density at radius 1 is 1.56 bits per heavy atom. The summed E-state index contributed by atoms with van der Waals surface area (Å²) in [6.07, 6.45) is 0. The Balaban J connectivity index is 2.80. The van der Waals surface area contributed by atoms with Crippen molar-refractivity contribution >= 4 is 11.7 Å². The van der Waals surface area contributed by atoms with Crippen molar-refractivity contribution in [2.24, 2.45) is 0 Å². The van der Waals surface area contributed by atoms with E-state index in [1.165, 1.54) is 23.1 Å². The van der Waals surface area contributed by atoms with Gasteiger partial charge in [0.1, 0.15) is 11.6 Å². The Bertz CT molecular complexity index is 412. The molecule has 0 atom stereocenters. The summed E-state index contributed by atoms with van der Waals surface area (Å²) in [5.41, 5.74) is 0.396. The zero-order valence-electron chi connectivity index (χ0n) is 10.4. The summed E-state index contributed by atoms with van der Waals surface area (Å²) in [5.74, 6) is -0.150. The lowest BCUT2D eigenvalue weighted by molar-refractivity contribution is 0.202. The van der Waals surface area contributed by atoms with Gasteiger partial charge in [-0.15, -0.1) is 0 Å². The fourth-order valence-electron chi connectivity index (χ4n) is 1.34. The molecule has 0 heterocycles. The van der Waals surface area contributed by atoms with Crippen molar-refractivity contribution in [3.8, 4) is 5.75 Å². The highest BCUT2D eigenvalue weighted by atomic mass is 19.1. The van der Waals surface area contributed by atoms with E-state index in [2.05, 4.69) is 5.32 Å². The van der Waals surface area contributed by atoms with Gasteiger partial charge in [0.2, 0.25) is 0 Å². The second-order valence-electron chi connectivity index (χ2n) is 3.65. The lowest BCUT2D eigenvalue weighted by Crippen LogP contribution is -2.33. The Morgan fingerprint density at radius 2 is 2.28 bits per heavy atom. The van der Waals surface area contributed by atoms with E-state index in [1.807, 2.05) is 0 Å². The fraction of sp³-hybridized carbons (Fsp3) is 0.417. The quantitative estimate of drug-likeness (QED) is 0.842. The lowest BCUT2D eigenvalue weighted by atomic mass is 10.3. The van der Waals surface area contributed by atoms with E-state index in [9.17, 15) is 9.18 Å². The number of carbonyl (C=O) groups excluding carboxylic acids is 1. The van der Waals surface area contributed by atoms with Crippen LogP contribution in [0.15, 0.2) is 18.2 Å². The number of hydrogen-bond donors (Lipinski definition) is 2. The van der Waals surface area contributed by atoms with Crippen molar-refractivity contribution in [2.75, 3.05) is 32.1 Å². The van der Waals surface area contributed by atoms with E-state index in [-0.39, 0.29) is 18.9 Å². The van der Waals surface area contributed by atoms with E-state index in [4.69, 9.17) is 9.84 Å². The van der Waals surface area contributed by atoms with E-state index in [0.29, 0.717) is 12.3 Å². The monoisotopic (exact) mass is 256 g/mol. The van der Waals surface area contributed by atoms with Gasteiger partial charge in [-0.3, -0.25) is 0 Å². The van der Waals surface area contributed by atoms with Gasteiger partial charge in [0.25, 0.3) is 0 Å². The smallest absolute Gasteiger partial charge is 0.321 e.